The van der Waals surface area contributed by atoms with Crippen LogP contribution in [-0.4, -0.2) is 26.9 Å². The van der Waals surface area contributed by atoms with E-state index >= 15 is 0 Å². The number of carbonyl (C=O) groups is 1. The lowest BCUT2D eigenvalue weighted by atomic mass is 10.0. The zero-order valence-electron chi connectivity index (χ0n) is 17.7. The summed E-state index contributed by atoms with van der Waals surface area (Å²) in [6, 6.07) is 18.6. The maximum atomic E-state index is 13.3. The van der Waals surface area contributed by atoms with E-state index in [2.05, 4.69) is 41.4 Å². The molecule has 1 aliphatic heterocycles. The van der Waals surface area contributed by atoms with Gasteiger partial charge in [-0.1, -0.05) is 54.6 Å². The summed E-state index contributed by atoms with van der Waals surface area (Å²) in [5, 5.41) is 0.743. The number of hydrogen-bond donors (Lipinski definition) is 0. The van der Waals surface area contributed by atoms with Crippen LogP contribution in [0.25, 0.3) is 21.3 Å². The topological polar surface area (TPSA) is 55.2 Å². The second kappa shape index (κ2) is 7.71. The van der Waals surface area contributed by atoms with E-state index in [0.717, 1.165) is 51.0 Å². The summed E-state index contributed by atoms with van der Waals surface area (Å²) in [6.45, 7) is 1.81. The van der Waals surface area contributed by atoms with Crippen molar-refractivity contribution in [1.29, 1.82) is 0 Å². The molecular formula is C26H23N3O2S. The number of carbonyl (C=O) groups excluding carboxylic acids is 1. The van der Waals surface area contributed by atoms with Gasteiger partial charge in [-0.05, 0) is 41.5 Å². The number of nitrogens with zero attached hydrogens (tertiary/aromatic N) is 3. The van der Waals surface area contributed by atoms with Gasteiger partial charge in [0.15, 0.2) is 0 Å². The van der Waals surface area contributed by atoms with Crippen molar-refractivity contribution in [2.75, 3.05) is 6.54 Å². The van der Waals surface area contributed by atoms with Gasteiger partial charge in [-0.3, -0.25) is 14.2 Å². The Balaban J connectivity index is 1.27. The molecule has 2 aromatic carbocycles. The Morgan fingerprint density at radius 2 is 1.78 bits per heavy atom. The predicted molar refractivity (Wildman–Crippen MR) is 127 cm³/mol. The highest BCUT2D eigenvalue weighted by Gasteiger charge is 2.35. The van der Waals surface area contributed by atoms with Gasteiger partial charge < -0.3 is 4.90 Å². The minimum absolute atomic E-state index is 0.0154. The molecule has 6 rings (SSSR count). The highest BCUT2D eigenvalue weighted by atomic mass is 32.1. The van der Waals surface area contributed by atoms with E-state index in [-0.39, 0.29) is 17.4 Å². The van der Waals surface area contributed by atoms with E-state index in [1.807, 2.05) is 23.1 Å². The first-order chi connectivity index (χ1) is 15.7. The number of aromatic nitrogens is 2. The monoisotopic (exact) mass is 441 g/mol. The molecular weight excluding hydrogens is 418 g/mol. The standard InChI is InChI=1S/C26H23N3O2S/c30-25(20-10-11-20)28-13-12-21-22(15-28)32-24-23(21)26(31)29(16-27-24)14-17-6-8-19(9-7-17)18-4-2-1-3-5-18/h1-9,16,20H,10-15H2. The molecule has 2 aromatic heterocycles. The molecule has 4 aromatic rings. The van der Waals surface area contributed by atoms with E-state index in [9.17, 15) is 9.59 Å². The van der Waals surface area contributed by atoms with Gasteiger partial charge in [0.2, 0.25) is 5.91 Å². The Bertz CT molecular complexity index is 1370. The van der Waals surface area contributed by atoms with Gasteiger partial charge in [-0.15, -0.1) is 11.3 Å². The Morgan fingerprint density at radius 1 is 1.03 bits per heavy atom. The van der Waals surface area contributed by atoms with Crippen molar-refractivity contribution in [3.8, 4) is 11.1 Å². The van der Waals surface area contributed by atoms with Crippen LogP contribution < -0.4 is 5.56 Å². The molecule has 1 aliphatic carbocycles. The van der Waals surface area contributed by atoms with E-state index in [4.69, 9.17) is 0 Å². The van der Waals surface area contributed by atoms with Crippen LogP contribution in [0.5, 0.6) is 0 Å². The van der Waals surface area contributed by atoms with Crippen molar-refractivity contribution in [1.82, 2.24) is 14.5 Å². The van der Waals surface area contributed by atoms with Crippen LogP contribution in [0.1, 0.15) is 28.8 Å². The van der Waals surface area contributed by atoms with Gasteiger partial charge in [0.1, 0.15) is 4.83 Å². The molecule has 3 heterocycles. The maximum Gasteiger partial charge on any atom is 0.262 e. The number of fused-ring (bicyclic) bond motifs is 3. The zero-order chi connectivity index (χ0) is 21.7. The molecule has 1 fully saturated rings. The Morgan fingerprint density at radius 3 is 2.53 bits per heavy atom. The van der Waals surface area contributed by atoms with E-state index in [1.165, 1.54) is 5.56 Å². The molecule has 0 atom stereocenters. The lowest BCUT2D eigenvalue weighted by Gasteiger charge is -2.27. The van der Waals surface area contributed by atoms with Crippen LogP contribution in [0.15, 0.2) is 65.7 Å². The van der Waals surface area contributed by atoms with Gasteiger partial charge >= 0.3 is 0 Å². The molecule has 1 amide bonds. The molecule has 2 aliphatic rings. The summed E-state index contributed by atoms with van der Waals surface area (Å²) >= 11 is 1.56. The second-order valence-electron chi connectivity index (χ2n) is 8.71. The molecule has 0 saturated heterocycles. The lowest BCUT2D eigenvalue weighted by Crippen LogP contribution is -2.36. The highest BCUT2D eigenvalue weighted by molar-refractivity contribution is 7.18. The molecule has 5 nitrogen and oxygen atoms in total. The van der Waals surface area contributed by atoms with Gasteiger partial charge in [0.25, 0.3) is 5.56 Å². The van der Waals surface area contributed by atoms with Gasteiger partial charge in [0.05, 0.1) is 24.8 Å². The minimum atomic E-state index is 0.0154. The quantitative estimate of drug-likeness (QED) is 0.470. The third kappa shape index (κ3) is 3.45. The third-order valence-corrected chi connectivity index (χ3v) is 7.60. The highest BCUT2D eigenvalue weighted by Crippen LogP contribution is 2.36. The summed E-state index contributed by atoms with van der Waals surface area (Å²) < 4.78 is 1.70. The number of hydrogen-bond acceptors (Lipinski definition) is 4. The number of amides is 1. The average molecular weight is 442 g/mol. The fourth-order valence-electron chi connectivity index (χ4n) is 4.54. The van der Waals surface area contributed by atoms with E-state index < -0.39 is 0 Å². The summed E-state index contributed by atoms with van der Waals surface area (Å²) in [7, 11) is 0. The van der Waals surface area contributed by atoms with Gasteiger partial charge in [0, 0.05) is 17.3 Å². The third-order valence-electron chi connectivity index (χ3n) is 6.48. The SMILES string of the molecule is O=C(C1CC1)N1CCc2c(sc3ncn(Cc4ccc(-c5ccccc5)cc4)c(=O)c23)C1. The van der Waals surface area contributed by atoms with Crippen molar-refractivity contribution >= 4 is 27.5 Å². The molecule has 0 bridgehead atoms. The fourth-order valence-corrected chi connectivity index (χ4v) is 5.73. The first kappa shape index (κ1) is 19.4. The first-order valence-electron chi connectivity index (χ1n) is 11.1. The molecule has 6 heteroatoms. The molecule has 0 N–H and O–H groups in total. The van der Waals surface area contributed by atoms with Crippen LogP contribution in [0, 0.1) is 5.92 Å². The van der Waals surface area contributed by atoms with Crippen LogP contribution in [0.2, 0.25) is 0 Å². The molecule has 0 spiro atoms. The Labute approximate surface area is 190 Å². The van der Waals surface area contributed by atoms with Crippen LogP contribution in [0.3, 0.4) is 0 Å². The van der Waals surface area contributed by atoms with E-state index in [1.54, 1.807) is 22.2 Å². The van der Waals surface area contributed by atoms with Crippen LogP contribution >= 0.6 is 11.3 Å². The first-order valence-corrected chi connectivity index (χ1v) is 11.9. The Kier molecular flexibility index (Phi) is 4.68. The van der Waals surface area contributed by atoms with Gasteiger partial charge in [-0.2, -0.15) is 0 Å². The Hall–Kier alpha value is -3.25. The van der Waals surface area contributed by atoms with Crippen LogP contribution in [-0.2, 0) is 24.3 Å². The van der Waals surface area contributed by atoms with E-state index in [0.29, 0.717) is 19.6 Å². The molecule has 32 heavy (non-hydrogen) atoms. The maximum absolute atomic E-state index is 13.3. The average Bonchev–Trinajstić information content (AvgIpc) is 3.61. The van der Waals surface area contributed by atoms with Crippen molar-refractivity contribution in [3.63, 3.8) is 0 Å². The summed E-state index contributed by atoms with van der Waals surface area (Å²) in [5.41, 5.74) is 4.52. The zero-order valence-corrected chi connectivity index (χ0v) is 18.5. The van der Waals surface area contributed by atoms with Crippen molar-refractivity contribution < 1.29 is 4.79 Å². The number of thiophene rings is 1. The minimum Gasteiger partial charge on any atom is -0.337 e. The fraction of sp³-hybridized carbons (Fsp3) is 0.269. The molecule has 1 saturated carbocycles. The normalized spacial score (nSPS) is 15.7. The smallest absolute Gasteiger partial charge is 0.262 e. The number of rotatable bonds is 4. The number of benzene rings is 2. The molecule has 0 unspecified atom stereocenters. The predicted octanol–water partition coefficient (Wildman–Crippen LogP) is 4.47. The van der Waals surface area contributed by atoms with Crippen molar-refractivity contribution in [3.05, 3.63) is 87.3 Å². The molecule has 160 valence electrons. The summed E-state index contributed by atoms with van der Waals surface area (Å²) in [4.78, 5) is 34.3. The summed E-state index contributed by atoms with van der Waals surface area (Å²) in [6.07, 6.45) is 4.44. The van der Waals surface area contributed by atoms with Crippen LogP contribution in [0.4, 0.5) is 0 Å². The van der Waals surface area contributed by atoms with Gasteiger partial charge in [-0.25, -0.2) is 4.98 Å². The summed E-state index contributed by atoms with van der Waals surface area (Å²) in [5.74, 6) is 0.506. The lowest BCUT2D eigenvalue weighted by molar-refractivity contribution is -0.133. The second-order valence-corrected chi connectivity index (χ2v) is 9.79. The van der Waals surface area contributed by atoms with Crippen molar-refractivity contribution in [2.24, 2.45) is 5.92 Å². The molecule has 0 radical (unpaired) electrons. The largest absolute Gasteiger partial charge is 0.337 e. The van der Waals surface area contributed by atoms with Crippen molar-refractivity contribution in [2.45, 2.75) is 32.4 Å².